The summed E-state index contributed by atoms with van der Waals surface area (Å²) < 4.78 is 0. The molecule has 0 amide bonds. The molecule has 0 aliphatic rings. The molecule has 0 aliphatic carbocycles. The Morgan fingerprint density at radius 3 is 2.35 bits per heavy atom. The van der Waals surface area contributed by atoms with Crippen LogP contribution in [0.1, 0.15) is 33.3 Å². The van der Waals surface area contributed by atoms with E-state index < -0.39 is 0 Å². The van der Waals surface area contributed by atoms with E-state index in [0.717, 1.165) is 13.1 Å². The van der Waals surface area contributed by atoms with Gasteiger partial charge >= 0.3 is 0 Å². The van der Waals surface area contributed by atoms with Gasteiger partial charge in [-0.05, 0) is 29.0 Å². The van der Waals surface area contributed by atoms with Crippen molar-refractivity contribution in [3.05, 3.63) is 33.8 Å². The number of nitrogens with one attached hydrogen (secondary N) is 1. The molecule has 0 radical (unpaired) electrons. The third-order valence-electron chi connectivity index (χ3n) is 3.46. The fraction of sp³-hybridized carbons (Fsp3) is 0.571. The second-order valence-electron chi connectivity index (χ2n) is 5.50. The van der Waals surface area contributed by atoms with E-state index in [4.69, 9.17) is 23.2 Å². The van der Waals surface area contributed by atoms with Crippen molar-refractivity contribution < 1.29 is 0 Å². The Bertz CT molecular complexity index is 372. The number of halogens is 2. The molecular weight excluding hydrogens is 253 g/mol. The van der Waals surface area contributed by atoms with Gasteiger partial charge in [-0.2, -0.15) is 0 Å². The number of hydrogen-bond donors (Lipinski definition) is 1. The second kappa shape index (κ2) is 6.08. The molecule has 1 rings (SSSR count). The Morgan fingerprint density at radius 1 is 1.18 bits per heavy atom. The van der Waals surface area contributed by atoms with Crippen molar-refractivity contribution >= 4 is 23.2 Å². The molecule has 0 unspecified atom stereocenters. The van der Waals surface area contributed by atoms with E-state index in [-0.39, 0.29) is 0 Å². The van der Waals surface area contributed by atoms with Gasteiger partial charge in [-0.15, -0.1) is 0 Å². The first kappa shape index (κ1) is 14.8. The molecule has 0 bridgehead atoms. The molecule has 1 aromatic rings. The molecule has 3 heteroatoms. The third-order valence-corrected chi connectivity index (χ3v) is 4.20. The highest BCUT2D eigenvalue weighted by Crippen LogP contribution is 2.25. The maximum Gasteiger partial charge on any atom is 0.0595 e. The molecule has 0 spiro atoms. The van der Waals surface area contributed by atoms with Crippen molar-refractivity contribution in [3.63, 3.8) is 0 Å². The van der Waals surface area contributed by atoms with Crippen molar-refractivity contribution in [1.82, 2.24) is 5.32 Å². The van der Waals surface area contributed by atoms with Gasteiger partial charge in [0.05, 0.1) is 10.0 Å². The fourth-order valence-electron chi connectivity index (χ4n) is 1.38. The van der Waals surface area contributed by atoms with Crippen LogP contribution in [-0.2, 0) is 6.54 Å². The summed E-state index contributed by atoms with van der Waals surface area (Å²) in [6.45, 7) is 10.9. The molecular formula is C14H21Cl2N. The number of hydrogen-bond acceptors (Lipinski definition) is 1. The summed E-state index contributed by atoms with van der Waals surface area (Å²) in [5.41, 5.74) is 1.47. The summed E-state index contributed by atoms with van der Waals surface area (Å²) in [7, 11) is 0. The Labute approximate surface area is 115 Å². The van der Waals surface area contributed by atoms with Gasteiger partial charge in [0.2, 0.25) is 0 Å². The molecule has 0 atom stereocenters. The van der Waals surface area contributed by atoms with Crippen molar-refractivity contribution in [2.75, 3.05) is 6.54 Å². The van der Waals surface area contributed by atoms with Gasteiger partial charge in [-0.25, -0.2) is 0 Å². The van der Waals surface area contributed by atoms with E-state index in [1.54, 1.807) is 0 Å². The maximum absolute atomic E-state index is 5.97. The summed E-state index contributed by atoms with van der Waals surface area (Å²) in [6.07, 6.45) is 0. The fourth-order valence-corrected chi connectivity index (χ4v) is 1.70. The summed E-state index contributed by atoms with van der Waals surface area (Å²) in [6, 6.07) is 5.76. The lowest BCUT2D eigenvalue weighted by Crippen LogP contribution is -2.33. The van der Waals surface area contributed by atoms with Gasteiger partial charge in [0.15, 0.2) is 0 Å². The molecule has 0 fully saturated rings. The minimum Gasteiger partial charge on any atom is -0.312 e. The second-order valence-corrected chi connectivity index (χ2v) is 6.31. The van der Waals surface area contributed by atoms with Crippen LogP contribution in [0.5, 0.6) is 0 Å². The Balaban J connectivity index is 2.49. The van der Waals surface area contributed by atoms with Gasteiger partial charge < -0.3 is 5.32 Å². The van der Waals surface area contributed by atoms with Crippen LogP contribution in [0.2, 0.25) is 10.0 Å². The van der Waals surface area contributed by atoms with E-state index in [2.05, 4.69) is 33.0 Å². The number of benzene rings is 1. The SMILES string of the molecule is CC(C)C(C)(C)CNCc1ccc(Cl)c(Cl)c1. The highest BCUT2D eigenvalue weighted by molar-refractivity contribution is 6.42. The average Bonchev–Trinajstić information content (AvgIpc) is 2.23. The molecule has 0 heterocycles. The van der Waals surface area contributed by atoms with Crippen molar-refractivity contribution in [2.24, 2.45) is 11.3 Å². The Hall–Kier alpha value is -0.240. The van der Waals surface area contributed by atoms with Crippen LogP contribution in [-0.4, -0.2) is 6.54 Å². The predicted octanol–water partition coefficient (Wildman–Crippen LogP) is 4.77. The zero-order chi connectivity index (χ0) is 13.1. The molecule has 17 heavy (non-hydrogen) atoms. The molecule has 0 aliphatic heterocycles. The molecule has 0 saturated heterocycles. The molecule has 96 valence electrons. The van der Waals surface area contributed by atoms with Crippen LogP contribution in [0.3, 0.4) is 0 Å². The minimum atomic E-state index is 0.302. The highest BCUT2D eigenvalue weighted by atomic mass is 35.5. The summed E-state index contributed by atoms with van der Waals surface area (Å²) in [4.78, 5) is 0. The molecule has 1 N–H and O–H groups in total. The monoisotopic (exact) mass is 273 g/mol. The zero-order valence-electron chi connectivity index (χ0n) is 11.0. The topological polar surface area (TPSA) is 12.0 Å². The van der Waals surface area contributed by atoms with Gasteiger partial charge in [-0.1, -0.05) is 57.0 Å². The standard InChI is InChI=1S/C14H21Cl2N/c1-10(2)14(3,4)9-17-8-11-5-6-12(15)13(16)7-11/h5-7,10,17H,8-9H2,1-4H3. The van der Waals surface area contributed by atoms with E-state index in [0.29, 0.717) is 21.4 Å². The third kappa shape index (κ3) is 4.50. The summed E-state index contributed by atoms with van der Waals surface area (Å²) >= 11 is 11.8. The van der Waals surface area contributed by atoms with Crippen molar-refractivity contribution in [3.8, 4) is 0 Å². The van der Waals surface area contributed by atoms with Gasteiger partial charge in [0.1, 0.15) is 0 Å². The van der Waals surface area contributed by atoms with Crippen LogP contribution >= 0.6 is 23.2 Å². The van der Waals surface area contributed by atoms with Crippen molar-refractivity contribution in [2.45, 2.75) is 34.2 Å². The minimum absolute atomic E-state index is 0.302. The van der Waals surface area contributed by atoms with Crippen LogP contribution in [0.4, 0.5) is 0 Å². The smallest absolute Gasteiger partial charge is 0.0595 e. The van der Waals surface area contributed by atoms with E-state index >= 15 is 0 Å². The normalized spacial score (nSPS) is 12.2. The lowest BCUT2D eigenvalue weighted by molar-refractivity contribution is 0.238. The maximum atomic E-state index is 5.97. The van der Waals surface area contributed by atoms with E-state index in [9.17, 15) is 0 Å². The van der Waals surface area contributed by atoms with Gasteiger partial charge in [0, 0.05) is 13.1 Å². The Morgan fingerprint density at radius 2 is 1.82 bits per heavy atom. The summed E-state index contributed by atoms with van der Waals surface area (Å²) in [5.74, 6) is 0.656. The van der Waals surface area contributed by atoms with Crippen LogP contribution in [0.15, 0.2) is 18.2 Å². The lowest BCUT2D eigenvalue weighted by Gasteiger charge is -2.29. The van der Waals surface area contributed by atoms with E-state index in [1.807, 2.05) is 18.2 Å². The van der Waals surface area contributed by atoms with Crippen molar-refractivity contribution in [1.29, 1.82) is 0 Å². The first-order valence-corrected chi connectivity index (χ1v) is 6.73. The van der Waals surface area contributed by atoms with Gasteiger partial charge in [0.25, 0.3) is 0 Å². The van der Waals surface area contributed by atoms with Crippen LogP contribution in [0, 0.1) is 11.3 Å². The highest BCUT2D eigenvalue weighted by Gasteiger charge is 2.21. The summed E-state index contributed by atoms with van der Waals surface area (Å²) in [5, 5.41) is 4.70. The van der Waals surface area contributed by atoms with E-state index in [1.165, 1.54) is 5.56 Å². The first-order valence-electron chi connectivity index (χ1n) is 5.97. The Kier molecular flexibility index (Phi) is 5.30. The molecule has 1 aromatic carbocycles. The van der Waals surface area contributed by atoms with Gasteiger partial charge in [-0.3, -0.25) is 0 Å². The molecule has 0 saturated carbocycles. The first-order chi connectivity index (χ1) is 7.83. The van der Waals surface area contributed by atoms with Crippen LogP contribution < -0.4 is 5.32 Å². The predicted molar refractivity (Wildman–Crippen MR) is 76.8 cm³/mol. The zero-order valence-corrected chi connectivity index (χ0v) is 12.5. The van der Waals surface area contributed by atoms with Crippen LogP contribution in [0.25, 0.3) is 0 Å². The number of rotatable bonds is 5. The average molecular weight is 274 g/mol. The molecule has 1 nitrogen and oxygen atoms in total. The molecule has 0 aromatic heterocycles. The lowest BCUT2D eigenvalue weighted by atomic mass is 9.81. The largest absolute Gasteiger partial charge is 0.312 e. The quantitative estimate of drug-likeness (QED) is 0.815.